The van der Waals surface area contributed by atoms with Gasteiger partial charge in [0.2, 0.25) is 11.8 Å². The lowest BCUT2D eigenvalue weighted by molar-refractivity contribution is -0.141. The Morgan fingerprint density at radius 2 is 1.69 bits per heavy atom. The van der Waals surface area contributed by atoms with E-state index in [-0.39, 0.29) is 17.3 Å². The Hall–Kier alpha value is -3.08. The van der Waals surface area contributed by atoms with E-state index in [4.69, 9.17) is 16.3 Å². The molecule has 3 aromatic rings. The number of carbonyl (C=O) groups excluding carboxylic acids is 2. The van der Waals surface area contributed by atoms with Crippen LogP contribution in [-0.4, -0.2) is 50.4 Å². The third-order valence-corrected chi connectivity index (χ3v) is 9.25. The van der Waals surface area contributed by atoms with Crippen LogP contribution in [-0.2, 0) is 26.2 Å². The summed E-state index contributed by atoms with van der Waals surface area (Å²) in [5.74, 6) is -0.426. The van der Waals surface area contributed by atoms with Crippen LogP contribution >= 0.6 is 27.5 Å². The summed E-state index contributed by atoms with van der Waals surface area (Å²) in [6.45, 7) is 8.75. The Morgan fingerprint density at radius 3 is 2.24 bits per heavy atom. The lowest BCUT2D eigenvalue weighted by Gasteiger charge is -2.35. The molecular formula is C31H37BrClN3O5S. The molecule has 0 spiro atoms. The van der Waals surface area contributed by atoms with Crippen molar-refractivity contribution in [1.29, 1.82) is 0 Å². The van der Waals surface area contributed by atoms with Crippen molar-refractivity contribution in [3.05, 3.63) is 87.4 Å². The van der Waals surface area contributed by atoms with Crippen LogP contribution in [0.4, 0.5) is 5.69 Å². The molecule has 0 unspecified atom stereocenters. The lowest BCUT2D eigenvalue weighted by Crippen LogP contribution is -2.55. The number of nitrogens with one attached hydrogen (secondary N) is 1. The fourth-order valence-electron chi connectivity index (χ4n) is 4.36. The zero-order chi connectivity index (χ0) is 31.2. The summed E-state index contributed by atoms with van der Waals surface area (Å²) in [5, 5.41) is 3.39. The van der Waals surface area contributed by atoms with Crippen molar-refractivity contribution in [1.82, 2.24) is 10.2 Å². The standard InChI is InChI=1S/C31H37BrClN3O5S/c1-7-27(30(38)34-31(3,4)5)35(19-22-10-8-9-11-26(22)33)29(37)20-36(23-14-12-21(2)13-15-23)42(39,40)24-16-17-28(41-6)25(32)18-24/h8-18,27H,7,19-20H2,1-6H3,(H,34,38)/t27-/m0/s1. The van der Waals surface area contributed by atoms with Gasteiger partial charge in [-0.1, -0.05) is 54.4 Å². The molecule has 0 aliphatic rings. The minimum absolute atomic E-state index is 0.0183. The van der Waals surface area contributed by atoms with Gasteiger partial charge in [0.25, 0.3) is 10.0 Å². The van der Waals surface area contributed by atoms with Gasteiger partial charge in [0.15, 0.2) is 0 Å². The first-order chi connectivity index (χ1) is 19.7. The fraction of sp³-hybridized carbons (Fsp3) is 0.355. The number of ether oxygens (including phenoxy) is 1. The van der Waals surface area contributed by atoms with Gasteiger partial charge in [-0.25, -0.2) is 8.42 Å². The molecule has 11 heteroatoms. The maximum atomic E-state index is 14.2. The monoisotopic (exact) mass is 677 g/mol. The summed E-state index contributed by atoms with van der Waals surface area (Å²) in [4.78, 5) is 29.0. The highest BCUT2D eigenvalue weighted by atomic mass is 79.9. The molecule has 8 nitrogen and oxygen atoms in total. The molecule has 0 saturated carbocycles. The maximum Gasteiger partial charge on any atom is 0.264 e. The highest BCUT2D eigenvalue weighted by Gasteiger charge is 2.35. The molecule has 1 N–H and O–H groups in total. The van der Waals surface area contributed by atoms with Crippen molar-refractivity contribution in [3.8, 4) is 5.75 Å². The quantitative estimate of drug-likeness (QED) is 0.256. The van der Waals surface area contributed by atoms with E-state index < -0.39 is 34.1 Å². The number of benzene rings is 3. The number of amides is 2. The van der Waals surface area contributed by atoms with Crippen molar-refractivity contribution >= 4 is 55.1 Å². The molecule has 2 amide bonds. The van der Waals surface area contributed by atoms with E-state index >= 15 is 0 Å². The zero-order valence-electron chi connectivity index (χ0n) is 24.6. The van der Waals surface area contributed by atoms with Crippen molar-refractivity contribution in [2.24, 2.45) is 0 Å². The minimum Gasteiger partial charge on any atom is -0.496 e. The van der Waals surface area contributed by atoms with Gasteiger partial charge in [-0.3, -0.25) is 13.9 Å². The van der Waals surface area contributed by atoms with Gasteiger partial charge in [-0.2, -0.15) is 0 Å². The number of carbonyl (C=O) groups is 2. The van der Waals surface area contributed by atoms with E-state index in [1.165, 1.54) is 24.1 Å². The minimum atomic E-state index is -4.23. The third kappa shape index (κ3) is 8.26. The van der Waals surface area contributed by atoms with Crippen molar-refractivity contribution < 1.29 is 22.7 Å². The predicted octanol–water partition coefficient (Wildman–Crippen LogP) is 6.34. The summed E-state index contributed by atoms with van der Waals surface area (Å²) in [6, 6.07) is 17.5. The SMILES string of the molecule is CC[C@@H](C(=O)NC(C)(C)C)N(Cc1ccccc1Cl)C(=O)CN(c1ccc(C)cc1)S(=O)(=O)c1ccc(OC)c(Br)c1. The van der Waals surface area contributed by atoms with Crippen LogP contribution in [0, 0.1) is 6.92 Å². The second kappa shape index (κ2) is 13.9. The number of nitrogens with zero attached hydrogens (tertiary/aromatic N) is 2. The molecule has 0 bridgehead atoms. The number of hydrogen-bond acceptors (Lipinski definition) is 5. The first kappa shape index (κ1) is 33.4. The number of sulfonamides is 1. The molecule has 3 rings (SSSR count). The molecule has 0 aliphatic heterocycles. The van der Waals surface area contributed by atoms with Crippen molar-refractivity contribution in [3.63, 3.8) is 0 Å². The van der Waals surface area contributed by atoms with Gasteiger partial charge in [0, 0.05) is 17.1 Å². The van der Waals surface area contributed by atoms with Crippen LogP contribution in [0.1, 0.15) is 45.2 Å². The summed E-state index contributed by atoms with van der Waals surface area (Å²) in [7, 11) is -2.75. The predicted molar refractivity (Wildman–Crippen MR) is 170 cm³/mol. The van der Waals surface area contributed by atoms with E-state index in [9.17, 15) is 18.0 Å². The van der Waals surface area contributed by atoms with E-state index in [1.807, 2.05) is 34.6 Å². The van der Waals surface area contributed by atoms with Crippen LogP contribution in [0.25, 0.3) is 0 Å². The van der Waals surface area contributed by atoms with Crippen molar-refractivity contribution in [2.75, 3.05) is 18.0 Å². The molecule has 226 valence electrons. The van der Waals surface area contributed by atoms with Crippen LogP contribution in [0.15, 0.2) is 76.1 Å². The van der Waals surface area contributed by atoms with Gasteiger partial charge in [-0.05, 0) is 92.0 Å². The van der Waals surface area contributed by atoms with E-state index in [0.717, 1.165) is 9.87 Å². The van der Waals surface area contributed by atoms with Gasteiger partial charge in [-0.15, -0.1) is 0 Å². The number of aryl methyl sites for hydroxylation is 1. The molecule has 0 heterocycles. The number of rotatable bonds is 11. The second-order valence-electron chi connectivity index (χ2n) is 10.9. The summed E-state index contributed by atoms with van der Waals surface area (Å²) in [6.07, 6.45) is 0.306. The molecule has 3 aromatic carbocycles. The molecule has 42 heavy (non-hydrogen) atoms. The Morgan fingerprint density at radius 1 is 1.05 bits per heavy atom. The summed E-state index contributed by atoms with van der Waals surface area (Å²) in [5.41, 5.74) is 1.34. The third-order valence-electron chi connectivity index (χ3n) is 6.49. The smallest absolute Gasteiger partial charge is 0.264 e. The number of hydrogen-bond donors (Lipinski definition) is 1. The van der Waals surface area contributed by atoms with Crippen LogP contribution < -0.4 is 14.4 Å². The number of anilines is 1. The Bertz CT molecular complexity index is 1520. The first-order valence-electron chi connectivity index (χ1n) is 13.5. The van der Waals surface area contributed by atoms with Gasteiger partial charge >= 0.3 is 0 Å². The van der Waals surface area contributed by atoms with Gasteiger partial charge in [0.1, 0.15) is 18.3 Å². The molecule has 1 atom stereocenters. The Labute approximate surface area is 262 Å². The normalized spacial score (nSPS) is 12.4. The average molecular weight is 679 g/mol. The zero-order valence-corrected chi connectivity index (χ0v) is 27.8. The highest BCUT2D eigenvalue weighted by molar-refractivity contribution is 9.10. The number of methoxy groups -OCH3 is 1. The van der Waals surface area contributed by atoms with Gasteiger partial charge in [0.05, 0.1) is 22.2 Å². The highest BCUT2D eigenvalue weighted by Crippen LogP contribution is 2.31. The Kier molecular flexibility index (Phi) is 11.1. The topological polar surface area (TPSA) is 96.0 Å². The Balaban J connectivity index is 2.10. The molecule has 0 fully saturated rings. The molecule has 0 aliphatic carbocycles. The van der Waals surface area contributed by atoms with E-state index in [0.29, 0.717) is 32.9 Å². The fourth-order valence-corrected chi connectivity index (χ4v) is 6.69. The molecule has 0 aromatic heterocycles. The molecule has 0 radical (unpaired) electrons. The van der Waals surface area contributed by atoms with Gasteiger partial charge < -0.3 is 15.0 Å². The second-order valence-corrected chi connectivity index (χ2v) is 14.0. The molecule has 0 saturated heterocycles. The lowest BCUT2D eigenvalue weighted by atomic mass is 10.1. The number of halogens is 2. The van der Waals surface area contributed by atoms with Crippen LogP contribution in [0.2, 0.25) is 5.02 Å². The average Bonchev–Trinajstić information content (AvgIpc) is 2.92. The first-order valence-corrected chi connectivity index (χ1v) is 16.1. The molecular weight excluding hydrogens is 642 g/mol. The van der Waals surface area contributed by atoms with E-state index in [2.05, 4.69) is 21.2 Å². The summed E-state index contributed by atoms with van der Waals surface area (Å²) >= 11 is 9.82. The van der Waals surface area contributed by atoms with Crippen molar-refractivity contribution in [2.45, 2.75) is 64.1 Å². The maximum absolute atomic E-state index is 14.2. The summed E-state index contributed by atoms with van der Waals surface area (Å²) < 4.78 is 35.0. The largest absolute Gasteiger partial charge is 0.496 e. The van der Waals surface area contributed by atoms with Crippen LogP contribution in [0.5, 0.6) is 5.75 Å². The van der Waals surface area contributed by atoms with Crippen LogP contribution in [0.3, 0.4) is 0 Å². The van der Waals surface area contributed by atoms with E-state index in [1.54, 1.807) is 54.6 Å².